The van der Waals surface area contributed by atoms with Crippen LogP contribution in [0.2, 0.25) is 0 Å². The Balaban J connectivity index is 1.55. The Kier molecular flexibility index (Phi) is 5.31. The average molecular weight is 425 g/mol. The first kappa shape index (κ1) is 20.2. The van der Waals surface area contributed by atoms with Crippen LogP contribution in [-0.4, -0.2) is 34.2 Å². The molecule has 3 aromatic carbocycles. The van der Waals surface area contributed by atoms with E-state index >= 15 is 0 Å². The van der Waals surface area contributed by atoms with Crippen molar-refractivity contribution in [3.8, 4) is 0 Å². The number of fused-ring (bicyclic) bond motifs is 1. The zero-order chi connectivity index (χ0) is 22.1. The number of hydrogen-bond donors (Lipinski definition) is 0. The number of hydrogen-bond acceptors (Lipinski definition) is 3. The topological polar surface area (TPSA) is 57.7 Å². The number of amides is 2. The summed E-state index contributed by atoms with van der Waals surface area (Å²) in [5, 5.41) is 2.94. The van der Waals surface area contributed by atoms with Crippen molar-refractivity contribution in [3.05, 3.63) is 107 Å². The van der Waals surface area contributed by atoms with E-state index in [0.717, 1.165) is 24.0 Å². The summed E-state index contributed by atoms with van der Waals surface area (Å²) < 4.78 is 0. The maximum absolute atomic E-state index is 13.2. The zero-order valence-electron chi connectivity index (χ0n) is 17.7. The number of aryl methyl sites for hydroxylation is 1. The van der Waals surface area contributed by atoms with Gasteiger partial charge in [-0.05, 0) is 29.5 Å². The van der Waals surface area contributed by atoms with Gasteiger partial charge >= 0.3 is 0 Å². The lowest BCUT2D eigenvalue weighted by molar-refractivity contribution is -0.152. The smallest absolute Gasteiger partial charge is 0.251 e. The fourth-order valence-electron chi connectivity index (χ4n) is 4.96. The maximum Gasteiger partial charge on any atom is 0.251 e. The van der Waals surface area contributed by atoms with Gasteiger partial charge in [-0.3, -0.25) is 14.4 Å². The summed E-state index contributed by atoms with van der Waals surface area (Å²) in [6.07, 6.45) is 1.57. The second kappa shape index (κ2) is 8.42. The van der Waals surface area contributed by atoms with Gasteiger partial charge in [-0.15, -0.1) is 0 Å². The lowest BCUT2D eigenvalue weighted by Gasteiger charge is -2.42. The van der Waals surface area contributed by atoms with E-state index in [9.17, 15) is 14.4 Å². The molecule has 2 aliphatic rings. The van der Waals surface area contributed by atoms with Gasteiger partial charge in [-0.1, -0.05) is 84.9 Å². The normalized spacial score (nSPS) is 20.4. The molecule has 160 valence electrons. The van der Waals surface area contributed by atoms with Crippen molar-refractivity contribution < 1.29 is 14.4 Å². The predicted molar refractivity (Wildman–Crippen MR) is 121 cm³/mol. The van der Waals surface area contributed by atoms with Gasteiger partial charge in [-0.2, -0.15) is 0 Å². The van der Waals surface area contributed by atoms with Crippen molar-refractivity contribution in [2.45, 2.75) is 31.2 Å². The number of carbonyl (C=O) groups excluding carboxylic acids is 3. The number of nitrogens with zero attached hydrogens (tertiary/aromatic N) is 2. The molecule has 1 aliphatic heterocycles. The van der Waals surface area contributed by atoms with E-state index in [4.69, 9.17) is 0 Å². The molecular weight excluding hydrogens is 400 g/mol. The maximum atomic E-state index is 13.2. The Bertz CT molecular complexity index is 1160. The first-order chi connectivity index (χ1) is 15.6. The molecule has 0 bridgehead atoms. The van der Waals surface area contributed by atoms with Crippen LogP contribution < -0.4 is 0 Å². The second-order valence-corrected chi connectivity index (χ2v) is 8.36. The van der Waals surface area contributed by atoms with E-state index in [-0.39, 0.29) is 42.5 Å². The summed E-state index contributed by atoms with van der Waals surface area (Å²) in [5.74, 6) is -0.720. The van der Waals surface area contributed by atoms with Crippen molar-refractivity contribution >= 4 is 17.6 Å². The largest absolute Gasteiger partial charge is 0.292 e. The summed E-state index contributed by atoms with van der Waals surface area (Å²) in [6.45, 7) is -0.144. The van der Waals surface area contributed by atoms with E-state index in [1.54, 1.807) is 29.3 Å². The van der Waals surface area contributed by atoms with Gasteiger partial charge in [-0.25, -0.2) is 10.0 Å². The molecule has 1 aliphatic carbocycles. The van der Waals surface area contributed by atoms with E-state index in [0.29, 0.717) is 5.56 Å². The highest BCUT2D eigenvalue weighted by atomic mass is 16.2. The third-order valence-corrected chi connectivity index (χ3v) is 6.47. The molecule has 0 N–H and O–H groups in total. The number of ketones is 1. The van der Waals surface area contributed by atoms with E-state index in [1.165, 1.54) is 10.6 Å². The number of carbonyl (C=O) groups is 3. The number of Topliss-reactive ketones (excluding diaryl/α,β-unsaturated/α-hetero) is 1. The van der Waals surface area contributed by atoms with Crippen LogP contribution in [0.3, 0.4) is 0 Å². The first-order valence-corrected chi connectivity index (χ1v) is 11.0. The van der Waals surface area contributed by atoms with Crippen molar-refractivity contribution in [1.82, 2.24) is 10.0 Å². The molecule has 2 atom stereocenters. The number of rotatable bonds is 5. The Morgan fingerprint density at radius 3 is 2.22 bits per heavy atom. The van der Waals surface area contributed by atoms with Crippen LogP contribution in [0.1, 0.15) is 51.8 Å². The molecule has 5 nitrogen and oxygen atoms in total. The zero-order valence-corrected chi connectivity index (χ0v) is 17.7. The summed E-state index contributed by atoms with van der Waals surface area (Å²) >= 11 is 0. The quantitative estimate of drug-likeness (QED) is 0.453. The van der Waals surface area contributed by atoms with Crippen LogP contribution in [0.5, 0.6) is 0 Å². The SMILES string of the molecule is O=C(CN1C(=O)CC(=O)N1[C@H]1c2ccccc2CC[C@@H]1c1ccccc1)c1ccccc1. The van der Waals surface area contributed by atoms with E-state index in [2.05, 4.69) is 18.2 Å². The van der Waals surface area contributed by atoms with Gasteiger partial charge in [0.25, 0.3) is 11.8 Å². The van der Waals surface area contributed by atoms with Gasteiger partial charge in [0.1, 0.15) is 13.0 Å². The highest BCUT2D eigenvalue weighted by Gasteiger charge is 2.46. The van der Waals surface area contributed by atoms with Gasteiger partial charge < -0.3 is 0 Å². The summed E-state index contributed by atoms with van der Waals surface area (Å²) in [7, 11) is 0. The van der Waals surface area contributed by atoms with Crippen LogP contribution in [0.4, 0.5) is 0 Å². The minimum atomic E-state index is -0.329. The van der Waals surface area contributed by atoms with Crippen molar-refractivity contribution in [3.63, 3.8) is 0 Å². The summed E-state index contributed by atoms with van der Waals surface area (Å²) in [4.78, 5) is 39.0. The minimum Gasteiger partial charge on any atom is -0.292 e. The number of benzene rings is 3. The molecule has 5 rings (SSSR count). The van der Waals surface area contributed by atoms with Gasteiger partial charge in [0.2, 0.25) is 0 Å². The standard InChI is InChI=1S/C27H24N2O3/c30-24(21-12-5-2-6-13-21)18-28-25(31)17-26(32)29(28)27-22-14-8-7-11-20(22)15-16-23(27)19-9-3-1-4-10-19/h1-14,23,27H,15-18H2/t23-,27+/m1/s1. The lowest BCUT2D eigenvalue weighted by Crippen LogP contribution is -2.48. The molecule has 1 fully saturated rings. The Labute approximate surface area is 187 Å². The third kappa shape index (κ3) is 3.60. The fourth-order valence-corrected chi connectivity index (χ4v) is 4.96. The second-order valence-electron chi connectivity index (χ2n) is 8.36. The predicted octanol–water partition coefficient (Wildman–Crippen LogP) is 4.32. The van der Waals surface area contributed by atoms with Crippen molar-refractivity contribution in [2.24, 2.45) is 0 Å². The molecule has 0 spiro atoms. The molecular formula is C27H24N2O3. The molecule has 0 aromatic heterocycles. The van der Waals surface area contributed by atoms with E-state index < -0.39 is 0 Å². The Morgan fingerprint density at radius 1 is 0.812 bits per heavy atom. The molecule has 0 unspecified atom stereocenters. The Hall–Kier alpha value is -3.73. The molecule has 1 saturated heterocycles. The molecule has 0 saturated carbocycles. The third-order valence-electron chi connectivity index (χ3n) is 6.47. The molecule has 0 radical (unpaired) electrons. The van der Waals surface area contributed by atoms with Gasteiger partial charge in [0.05, 0.1) is 6.04 Å². The minimum absolute atomic E-state index is 0.0373. The monoisotopic (exact) mass is 424 g/mol. The van der Waals surface area contributed by atoms with Crippen LogP contribution in [0.25, 0.3) is 0 Å². The van der Waals surface area contributed by atoms with Crippen LogP contribution in [0.15, 0.2) is 84.9 Å². The summed E-state index contributed by atoms with van der Waals surface area (Å²) in [6, 6.07) is 26.8. The fraction of sp³-hybridized carbons (Fsp3) is 0.222. The highest BCUT2D eigenvalue weighted by Crippen LogP contribution is 2.46. The van der Waals surface area contributed by atoms with Crippen LogP contribution in [-0.2, 0) is 16.0 Å². The van der Waals surface area contributed by atoms with Crippen LogP contribution in [0, 0.1) is 0 Å². The molecule has 32 heavy (non-hydrogen) atoms. The van der Waals surface area contributed by atoms with Gasteiger partial charge in [0, 0.05) is 11.5 Å². The Morgan fingerprint density at radius 2 is 1.47 bits per heavy atom. The first-order valence-electron chi connectivity index (χ1n) is 11.0. The molecule has 3 aromatic rings. The molecule has 1 heterocycles. The van der Waals surface area contributed by atoms with E-state index in [1.807, 2.05) is 42.5 Å². The van der Waals surface area contributed by atoms with Gasteiger partial charge in [0.15, 0.2) is 5.78 Å². The van der Waals surface area contributed by atoms with Crippen molar-refractivity contribution in [2.75, 3.05) is 6.54 Å². The molecule has 2 amide bonds. The number of hydrazine groups is 1. The van der Waals surface area contributed by atoms with Crippen molar-refractivity contribution in [1.29, 1.82) is 0 Å². The highest BCUT2D eigenvalue weighted by molar-refractivity contribution is 6.06. The van der Waals surface area contributed by atoms with Crippen LogP contribution >= 0.6 is 0 Å². The molecule has 5 heteroatoms. The summed E-state index contributed by atoms with van der Waals surface area (Å²) in [5.41, 5.74) is 3.90. The lowest BCUT2D eigenvalue weighted by atomic mass is 9.76. The average Bonchev–Trinajstić information content (AvgIpc) is 3.11.